The van der Waals surface area contributed by atoms with Gasteiger partial charge in [0.25, 0.3) is 0 Å². The molecule has 0 aliphatic heterocycles. The summed E-state index contributed by atoms with van der Waals surface area (Å²) in [6.07, 6.45) is 2.49. The van der Waals surface area contributed by atoms with Crippen LogP contribution in [0.5, 0.6) is 0 Å². The molecule has 84 valence electrons. The van der Waals surface area contributed by atoms with E-state index >= 15 is 0 Å². The Kier molecular flexibility index (Phi) is 4.83. The van der Waals surface area contributed by atoms with Crippen LogP contribution in [0.4, 0.5) is 0 Å². The molecule has 0 spiro atoms. The monoisotopic (exact) mass is 205 g/mol. The van der Waals surface area contributed by atoms with Gasteiger partial charge in [-0.25, -0.2) is 0 Å². The second-order valence-electron chi connectivity index (χ2n) is 4.49. The van der Waals surface area contributed by atoms with E-state index in [1.54, 1.807) is 0 Å². The third-order valence-corrected chi connectivity index (χ3v) is 2.83. The molecule has 0 radical (unpaired) electrons. The van der Waals surface area contributed by atoms with Crippen LogP contribution in [0.1, 0.15) is 50.8 Å². The molecular formula is C14H23N. The van der Waals surface area contributed by atoms with Crippen LogP contribution in [0.25, 0.3) is 0 Å². The van der Waals surface area contributed by atoms with Crippen molar-refractivity contribution in [2.24, 2.45) is 0 Å². The number of hydrogen-bond donors (Lipinski definition) is 1. The average molecular weight is 205 g/mol. The van der Waals surface area contributed by atoms with E-state index in [-0.39, 0.29) is 0 Å². The van der Waals surface area contributed by atoms with E-state index in [1.807, 2.05) is 0 Å². The first-order valence-corrected chi connectivity index (χ1v) is 5.96. The Hall–Kier alpha value is -0.820. The minimum atomic E-state index is 0.451. The van der Waals surface area contributed by atoms with Crippen LogP contribution in [-0.4, -0.2) is 6.04 Å². The zero-order valence-electron chi connectivity index (χ0n) is 10.4. The van der Waals surface area contributed by atoms with Crippen molar-refractivity contribution in [1.29, 1.82) is 0 Å². The third-order valence-electron chi connectivity index (χ3n) is 2.83. The van der Waals surface area contributed by atoms with Gasteiger partial charge in [-0.3, -0.25) is 0 Å². The molecule has 0 saturated carbocycles. The van der Waals surface area contributed by atoms with Crippen LogP contribution in [0, 0.1) is 6.92 Å². The summed E-state index contributed by atoms with van der Waals surface area (Å²) in [6.45, 7) is 8.85. The van der Waals surface area contributed by atoms with Crippen LogP contribution in [-0.2, 0) is 0 Å². The Morgan fingerprint density at radius 3 is 2.27 bits per heavy atom. The SMILES string of the molecule is CCCC(C)N[C@H](C)c1ccc(C)cc1. The topological polar surface area (TPSA) is 12.0 Å². The molecule has 0 aliphatic rings. The average Bonchev–Trinajstić information content (AvgIpc) is 2.18. The zero-order valence-corrected chi connectivity index (χ0v) is 10.4. The van der Waals surface area contributed by atoms with Gasteiger partial charge in [-0.15, -0.1) is 0 Å². The highest BCUT2D eigenvalue weighted by atomic mass is 14.9. The minimum absolute atomic E-state index is 0.451. The first kappa shape index (κ1) is 12.3. The lowest BCUT2D eigenvalue weighted by molar-refractivity contribution is 0.453. The third kappa shape index (κ3) is 4.05. The van der Waals surface area contributed by atoms with Gasteiger partial charge in [0.2, 0.25) is 0 Å². The normalized spacial score (nSPS) is 14.9. The van der Waals surface area contributed by atoms with Crippen molar-refractivity contribution in [3.63, 3.8) is 0 Å². The molecule has 0 aromatic heterocycles. The highest BCUT2D eigenvalue weighted by molar-refractivity contribution is 5.23. The Morgan fingerprint density at radius 2 is 1.73 bits per heavy atom. The Balaban J connectivity index is 2.53. The summed E-state index contributed by atoms with van der Waals surface area (Å²) in [5.74, 6) is 0. The van der Waals surface area contributed by atoms with Gasteiger partial charge in [-0.1, -0.05) is 43.2 Å². The molecule has 0 fully saturated rings. The smallest absolute Gasteiger partial charge is 0.0294 e. The molecule has 1 heteroatoms. The molecule has 1 rings (SSSR count). The molecule has 1 unspecified atom stereocenters. The van der Waals surface area contributed by atoms with Crippen LogP contribution in [0.3, 0.4) is 0 Å². The minimum Gasteiger partial charge on any atom is -0.308 e. The van der Waals surface area contributed by atoms with E-state index in [0.29, 0.717) is 12.1 Å². The number of nitrogens with one attached hydrogen (secondary N) is 1. The van der Waals surface area contributed by atoms with E-state index in [4.69, 9.17) is 0 Å². The summed E-state index contributed by atoms with van der Waals surface area (Å²) < 4.78 is 0. The molecule has 2 atom stereocenters. The lowest BCUT2D eigenvalue weighted by Gasteiger charge is -2.20. The predicted octanol–water partition coefficient (Wildman–Crippen LogP) is 3.83. The second kappa shape index (κ2) is 5.92. The maximum Gasteiger partial charge on any atom is 0.0294 e. The summed E-state index contributed by atoms with van der Waals surface area (Å²) in [5, 5.41) is 3.62. The Labute approximate surface area is 93.9 Å². The van der Waals surface area contributed by atoms with Crippen molar-refractivity contribution in [2.45, 2.75) is 52.6 Å². The maximum atomic E-state index is 3.62. The quantitative estimate of drug-likeness (QED) is 0.770. The summed E-state index contributed by atoms with van der Waals surface area (Å²) in [5.41, 5.74) is 2.70. The van der Waals surface area contributed by atoms with Crippen molar-refractivity contribution >= 4 is 0 Å². The van der Waals surface area contributed by atoms with E-state index in [2.05, 4.69) is 57.3 Å². The molecule has 15 heavy (non-hydrogen) atoms. The molecule has 1 nitrogen and oxygen atoms in total. The van der Waals surface area contributed by atoms with Gasteiger partial charge in [-0.2, -0.15) is 0 Å². The fraction of sp³-hybridized carbons (Fsp3) is 0.571. The van der Waals surface area contributed by atoms with Crippen molar-refractivity contribution in [3.05, 3.63) is 35.4 Å². The molecule has 0 amide bonds. The van der Waals surface area contributed by atoms with Gasteiger partial charge >= 0.3 is 0 Å². The highest BCUT2D eigenvalue weighted by Gasteiger charge is 2.07. The molecule has 0 aliphatic carbocycles. The molecule has 0 heterocycles. The number of aryl methyl sites for hydroxylation is 1. The fourth-order valence-electron chi connectivity index (χ4n) is 1.89. The highest BCUT2D eigenvalue weighted by Crippen LogP contribution is 2.14. The summed E-state index contributed by atoms with van der Waals surface area (Å²) >= 11 is 0. The predicted molar refractivity (Wildman–Crippen MR) is 67.1 cm³/mol. The fourth-order valence-corrected chi connectivity index (χ4v) is 1.89. The largest absolute Gasteiger partial charge is 0.308 e. The van der Waals surface area contributed by atoms with Crippen molar-refractivity contribution < 1.29 is 0 Å². The standard InChI is InChI=1S/C14H23N/c1-5-6-12(3)15-13(4)14-9-7-11(2)8-10-14/h7-10,12-13,15H,5-6H2,1-4H3/t12?,13-/m1/s1. The molecular weight excluding hydrogens is 182 g/mol. The molecule has 1 aromatic carbocycles. The number of benzene rings is 1. The van der Waals surface area contributed by atoms with Gasteiger partial charge in [0.1, 0.15) is 0 Å². The van der Waals surface area contributed by atoms with Gasteiger partial charge in [0, 0.05) is 12.1 Å². The van der Waals surface area contributed by atoms with Crippen LogP contribution < -0.4 is 5.32 Å². The number of rotatable bonds is 5. The maximum absolute atomic E-state index is 3.62. The number of hydrogen-bond acceptors (Lipinski definition) is 1. The summed E-state index contributed by atoms with van der Waals surface area (Å²) in [6, 6.07) is 9.84. The molecule has 0 bridgehead atoms. The van der Waals surface area contributed by atoms with Crippen molar-refractivity contribution in [3.8, 4) is 0 Å². The first-order valence-electron chi connectivity index (χ1n) is 5.96. The van der Waals surface area contributed by atoms with Crippen LogP contribution in [0.2, 0.25) is 0 Å². The molecule has 0 saturated heterocycles. The Morgan fingerprint density at radius 1 is 1.13 bits per heavy atom. The first-order chi connectivity index (χ1) is 7.13. The lowest BCUT2D eigenvalue weighted by atomic mass is 10.0. The summed E-state index contributed by atoms with van der Waals surface area (Å²) in [7, 11) is 0. The van der Waals surface area contributed by atoms with Gasteiger partial charge < -0.3 is 5.32 Å². The molecule has 1 aromatic rings. The van der Waals surface area contributed by atoms with Gasteiger partial charge in [0.15, 0.2) is 0 Å². The van der Waals surface area contributed by atoms with E-state index < -0.39 is 0 Å². The van der Waals surface area contributed by atoms with Gasteiger partial charge in [-0.05, 0) is 32.8 Å². The van der Waals surface area contributed by atoms with E-state index in [1.165, 1.54) is 24.0 Å². The van der Waals surface area contributed by atoms with E-state index in [0.717, 1.165) is 0 Å². The zero-order chi connectivity index (χ0) is 11.3. The van der Waals surface area contributed by atoms with Crippen LogP contribution >= 0.6 is 0 Å². The Bertz CT molecular complexity index is 276. The van der Waals surface area contributed by atoms with Crippen molar-refractivity contribution in [2.75, 3.05) is 0 Å². The van der Waals surface area contributed by atoms with Gasteiger partial charge in [0.05, 0.1) is 0 Å². The lowest BCUT2D eigenvalue weighted by Crippen LogP contribution is -2.28. The molecule has 1 N–H and O–H groups in total. The second-order valence-corrected chi connectivity index (χ2v) is 4.49. The van der Waals surface area contributed by atoms with Crippen LogP contribution in [0.15, 0.2) is 24.3 Å². The van der Waals surface area contributed by atoms with Crippen molar-refractivity contribution in [1.82, 2.24) is 5.32 Å². The summed E-state index contributed by atoms with van der Waals surface area (Å²) in [4.78, 5) is 0. The van der Waals surface area contributed by atoms with E-state index in [9.17, 15) is 0 Å².